The third-order valence-electron chi connectivity index (χ3n) is 5.16. The van der Waals surface area contributed by atoms with Gasteiger partial charge in [-0.05, 0) is 12.5 Å². The van der Waals surface area contributed by atoms with Crippen molar-refractivity contribution in [1.82, 2.24) is 15.5 Å². The molecular weight excluding hydrogens is 374 g/mol. The first-order chi connectivity index (χ1) is 12.8. The second-order valence-electron chi connectivity index (χ2n) is 6.99. The summed E-state index contributed by atoms with van der Waals surface area (Å²) in [5.74, 6) is -0.621. The fraction of sp³-hybridized carbons (Fsp3) is 0.471. The van der Waals surface area contributed by atoms with Gasteiger partial charge in [0.15, 0.2) is 15.4 Å². The Bertz CT molecular complexity index is 930. The second kappa shape index (κ2) is 6.22. The van der Waals surface area contributed by atoms with Gasteiger partial charge in [-0.3, -0.25) is 14.5 Å². The molecule has 3 aliphatic rings. The molecule has 144 valence electrons. The molecule has 0 unspecified atom stereocenters. The molecule has 1 spiro atoms. The summed E-state index contributed by atoms with van der Waals surface area (Å²) < 4.78 is 28.6. The van der Waals surface area contributed by atoms with Gasteiger partial charge in [0.1, 0.15) is 12.3 Å². The van der Waals surface area contributed by atoms with E-state index in [2.05, 4.69) is 10.6 Å². The minimum atomic E-state index is -3.13. The van der Waals surface area contributed by atoms with Gasteiger partial charge in [-0.15, -0.1) is 0 Å². The van der Waals surface area contributed by atoms with Crippen LogP contribution >= 0.6 is 0 Å². The fourth-order valence-electron chi connectivity index (χ4n) is 3.84. The van der Waals surface area contributed by atoms with Gasteiger partial charge < -0.3 is 15.4 Å². The van der Waals surface area contributed by atoms with Crippen molar-refractivity contribution in [2.24, 2.45) is 0 Å². The normalized spacial score (nSPS) is 28.6. The number of nitrogens with zero attached hydrogens (tertiary/aromatic N) is 1. The van der Waals surface area contributed by atoms with E-state index in [1.54, 1.807) is 24.3 Å². The molecule has 2 saturated heterocycles. The zero-order valence-corrected chi connectivity index (χ0v) is 15.3. The summed E-state index contributed by atoms with van der Waals surface area (Å²) in [7, 11) is -3.13. The predicted molar refractivity (Wildman–Crippen MR) is 93.7 cm³/mol. The van der Waals surface area contributed by atoms with Crippen molar-refractivity contribution in [2.75, 3.05) is 24.7 Å². The van der Waals surface area contributed by atoms with E-state index in [4.69, 9.17) is 4.74 Å². The molecule has 3 heterocycles. The minimum Gasteiger partial charge on any atom is -0.493 e. The second-order valence-corrected chi connectivity index (χ2v) is 9.22. The molecule has 0 aliphatic carbocycles. The van der Waals surface area contributed by atoms with Crippen molar-refractivity contribution in [1.29, 1.82) is 0 Å². The van der Waals surface area contributed by atoms with Crippen LogP contribution in [-0.4, -0.2) is 61.9 Å². The van der Waals surface area contributed by atoms with Crippen molar-refractivity contribution in [3.63, 3.8) is 0 Å². The number of amides is 4. The molecule has 0 aromatic heterocycles. The molecule has 0 bridgehead atoms. The molecular formula is C17H19N3O6S. The molecule has 9 nitrogen and oxygen atoms in total. The lowest BCUT2D eigenvalue weighted by Gasteiger charge is -2.33. The predicted octanol–water partition coefficient (Wildman–Crippen LogP) is -0.480. The molecule has 0 saturated carbocycles. The average molecular weight is 393 g/mol. The number of fused-ring (bicyclic) bond motifs is 2. The van der Waals surface area contributed by atoms with E-state index in [1.165, 1.54) is 0 Å². The van der Waals surface area contributed by atoms with Gasteiger partial charge >= 0.3 is 6.03 Å². The summed E-state index contributed by atoms with van der Waals surface area (Å²) in [4.78, 5) is 38.6. The highest BCUT2D eigenvalue weighted by Crippen LogP contribution is 2.40. The van der Waals surface area contributed by atoms with Crippen LogP contribution in [0.5, 0.6) is 5.75 Å². The molecule has 2 N–H and O–H groups in total. The number of sulfone groups is 1. The van der Waals surface area contributed by atoms with E-state index in [-0.39, 0.29) is 24.5 Å². The van der Waals surface area contributed by atoms with Gasteiger partial charge in [0.2, 0.25) is 5.91 Å². The van der Waals surface area contributed by atoms with Crippen molar-refractivity contribution in [3.8, 4) is 5.75 Å². The van der Waals surface area contributed by atoms with Crippen molar-refractivity contribution in [2.45, 2.75) is 24.4 Å². The Morgan fingerprint density at radius 1 is 1.33 bits per heavy atom. The van der Waals surface area contributed by atoms with Crippen LogP contribution < -0.4 is 15.4 Å². The first-order valence-corrected chi connectivity index (χ1v) is 10.5. The number of urea groups is 1. The topological polar surface area (TPSA) is 122 Å². The van der Waals surface area contributed by atoms with E-state index in [1.807, 2.05) is 0 Å². The summed E-state index contributed by atoms with van der Waals surface area (Å²) in [6.07, 6.45) is 0.608. The molecule has 0 radical (unpaired) electrons. The molecule has 1 aromatic rings. The standard InChI is InChI=1S/C17H19N3O6S/c21-14(18-11-5-8-27(24,25)10-11)9-20-15(22)17(19-16(20)23)6-7-26-13-4-2-1-3-12(13)17/h1-4,11H,5-10H2,(H,18,21)(H,19,23)/t11-,17+/m0/s1. The van der Waals surface area contributed by atoms with Crippen LogP contribution in [0.1, 0.15) is 18.4 Å². The number of benzene rings is 1. The molecule has 1 aromatic carbocycles. The number of imide groups is 1. The fourth-order valence-corrected chi connectivity index (χ4v) is 5.51. The number of hydrogen-bond donors (Lipinski definition) is 2. The smallest absolute Gasteiger partial charge is 0.325 e. The van der Waals surface area contributed by atoms with E-state index < -0.39 is 45.8 Å². The maximum atomic E-state index is 13.0. The maximum Gasteiger partial charge on any atom is 0.325 e. The highest BCUT2D eigenvalue weighted by Gasteiger charge is 2.55. The Morgan fingerprint density at radius 2 is 2.11 bits per heavy atom. The Hall–Kier alpha value is -2.62. The summed E-state index contributed by atoms with van der Waals surface area (Å²) in [5.41, 5.74) is -0.664. The van der Waals surface area contributed by atoms with Crippen LogP contribution in [-0.2, 0) is 25.0 Å². The molecule has 10 heteroatoms. The Balaban J connectivity index is 1.50. The Labute approximate surface area is 156 Å². The van der Waals surface area contributed by atoms with Gasteiger partial charge in [0.05, 0.1) is 18.1 Å². The molecule has 2 fully saturated rings. The van der Waals surface area contributed by atoms with Crippen molar-refractivity contribution in [3.05, 3.63) is 29.8 Å². The number of para-hydroxylation sites is 1. The van der Waals surface area contributed by atoms with Crippen LogP contribution in [0.4, 0.5) is 4.79 Å². The van der Waals surface area contributed by atoms with E-state index in [0.29, 0.717) is 17.7 Å². The van der Waals surface area contributed by atoms with Crippen LogP contribution in [0.25, 0.3) is 0 Å². The SMILES string of the molecule is O=C(CN1C(=O)N[C@@]2(CCOc3ccccc32)C1=O)N[C@H]1CCS(=O)(=O)C1. The van der Waals surface area contributed by atoms with Crippen molar-refractivity contribution >= 4 is 27.7 Å². The summed E-state index contributed by atoms with van der Waals surface area (Å²) in [5, 5.41) is 5.32. The largest absolute Gasteiger partial charge is 0.493 e. The highest BCUT2D eigenvalue weighted by atomic mass is 32.2. The molecule has 4 amide bonds. The lowest BCUT2D eigenvalue weighted by atomic mass is 9.84. The van der Waals surface area contributed by atoms with Gasteiger partial charge in [-0.25, -0.2) is 13.2 Å². The number of rotatable bonds is 3. The Kier molecular flexibility index (Phi) is 4.10. The summed E-state index contributed by atoms with van der Waals surface area (Å²) in [6.45, 7) is -0.186. The minimum absolute atomic E-state index is 0.0287. The summed E-state index contributed by atoms with van der Waals surface area (Å²) >= 11 is 0. The first kappa shape index (κ1) is 17.8. The lowest BCUT2D eigenvalue weighted by molar-refractivity contribution is -0.136. The van der Waals surface area contributed by atoms with Gasteiger partial charge in [-0.2, -0.15) is 0 Å². The molecule has 3 aliphatic heterocycles. The van der Waals surface area contributed by atoms with Crippen LogP contribution in [0.3, 0.4) is 0 Å². The highest BCUT2D eigenvalue weighted by molar-refractivity contribution is 7.91. The van der Waals surface area contributed by atoms with E-state index >= 15 is 0 Å². The van der Waals surface area contributed by atoms with Crippen LogP contribution in [0.2, 0.25) is 0 Å². The lowest BCUT2D eigenvalue weighted by Crippen LogP contribution is -2.48. The number of carbonyl (C=O) groups is 3. The maximum absolute atomic E-state index is 13.0. The van der Waals surface area contributed by atoms with E-state index in [9.17, 15) is 22.8 Å². The third kappa shape index (κ3) is 3.03. The number of hydrogen-bond acceptors (Lipinski definition) is 6. The van der Waals surface area contributed by atoms with Crippen LogP contribution in [0, 0.1) is 0 Å². The average Bonchev–Trinajstić information content (AvgIpc) is 3.07. The first-order valence-electron chi connectivity index (χ1n) is 8.67. The number of ether oxygens (including phenoxy) is 1. The molecule has 27 heavy (non-hydrogen) atoms. The van der Waals surface area contributed by atoms with Gasteiger partial charge in [0, 0.05) is 18.0 Å². The quantitative estimate of drug-likeness (QED) is 0.669. The number of carbonyl (C=O) groups excluding carboxylic acids is 3. The zero-order valence-electron chi connectivity index (χ0n) is 14.4. The van der Waals surface area contributed by atoms with Gasteiger partial charge in [-0.1, -0.05) is 18.2 Å². The summed E-state index contributed by atoms with van der Waals surface area (Å²) in [6, 6.07) is 5.85. The van der Waals surface area contributed by atoms with Crippen LogP contribution in [0.15, 0.2) is 24.3 Å². The molecule has 2 atom stereocenters. The monoisotopic (exact) mass is 393 g/mol. The van der Waals surface area contributed by atoms with Crippen molar-refractivity contribution < 1.29 is 27.5 Å². The number of nitrogens with one attached hydrogen (secondary N) is 2. The Morgan fingerprint density at radius 3 is 2.85 bits per heavy atom. The van der Waals surface area contributed by atoms with Gasteiger partial charge in [0.25, 0.3) is 5.91 Å². The zero-order chi connectivity index (χ0) is 19.2. The molecule has 4 rings (SSSR count). The van der Waals surface area contributed by atoms with E-state index in [0.717, 1.165) is 4.90 Å². The third-order valence-corrected chi connectivity index (χ3v) is 6.92.